The summed E-state index contributed by atoms with van der Waals surface area (Å²) >= 11 is 0. The van der Waals surface area contributed by atoms with Crippen LogP contribution in [0, 0.1) is 18.6 Å². The second-order valence-electron chi connectivity index (χ2n) is 5.93. The van der Waals surface area contributed by atoms with Crippen LogP contribution >= 0.6 is 0 Å². The van der Waals surface area contributed by atoms with Crippen molar-refractivity contribution in [3.63, 3.8) is 0 Å². The standard InChI is InChI=1S/C20H18F2N4O/c1-13-12-17(19(27)26-18-15(21)8-5-9-16(18)22)25-20(24-13)23-11-10-14-6-3-2-4-7-14/h2-9,12H,10-11H2,1H3,(H,26,27)(H,23,24,25). The molecule has 0 bridgehead atoms. The molecule has 3 rings (SSSR count). The molecule has 138 valence electrons. The van der Waals surface area contributed by atoms with E-state index in [1.54, 1.807) is 6.92 Å². The number of hydrogen-bond donors (Lipinski definition) is 2. The van der Waals surface area contributed by atoms with Crippen LogP contribution in [0.1, 0.15) is 21.7 Å². The number of benzene rings is 2. The van der Waals surface area contributed by atoms with Gasteiger partial charge in [-0.25, -0.2) is 18.7 Å². The van der Waals surface area contributed by atoms with Crippen molar-refractivity contribution in [2.45, 2.75) is 13.3 Å². The zero-order valence-electron chi connectivity index (χ0n) is 14.7. The van der Waals surface area contributed by atoms with Gasteiger partial charge in [0.05, 0.1) is 0 Å². The highest BCUT2D eigenvalue weighted by Crippen LogP contribution is 2.19. The Kier molecular flexibility index (Phi) is 5.71. The van der Waals surface area contributed by atoms with E-state index in [1.165, 1.54) is 12.1 Å². The summed E-state index contributed by atoms with van der Waals surface area (Å²) in [6.45, 7) is 2.29. The number of rotatable bonds is 6. The van der Waals surface area contributed by atoms with E-state index in [9.17, 15) is 13.6 Å². The number of anilines is 2. The first kappa shape index (κ1) is 18.4. The van der Waals surface area contributed by atoms with Gasteiger partial charge in [0, 0.05) is 12.2 Å². The maximum absolute atomic E-state index is 13.7. The summed E-state index contributed by atoms with van der Waals surface area (Å²) in [5.41, 5.74) is 1.24. The second-order valence-corrected chi connectivity index (χ2v) is 5.93. The molecule has 5 nitrogen and oxygen atoms in total. The maximum atomic E-state index is 13.7. The van der Waals surface area contributed by atoms with Crippen molar-refractivity contribution in [1.29, 1.82) is 0 Å². The van der Waals surface area contributed by atoms with Crippen molar-refractivity contribution in [3.05, 3.63) is 83.2 Å². The summed E-state index contributed by atoms with van der Waals surface area (Å²) in [4.78, 5) is 20.7. The quantitative estimate of drug-likeness (QED) is 0.691. The lowest BCUT2D eigenvalue weighted by molar-refractivity contribution is 0.102. The van der Waals surface area contributed by atoms with Crippen LogP contribution in [0.4, 0.5) is 20.4 Å². The summed E-state index contributed by atoms with van der Waals surface area (Å²) in [6, 6.07) is 14.7. The third-order valence-electron chi connectivity index (χ3n) is 3.83. The number of amides is 1. The van der Waals surface area contributed by atoms with Crippen molar-refractivity contribution in [2.24, 2.45) is 0 Å². The van der Waals surface area contributed by atoms with Gasteiger partial charge >= 0.3 is 0 Å². The molecule has 1 heterocycles. The summed E-state index contributed by atoms with van der Waals surface area (Å²) in [5, 5.41) is 5.29. The Morgan fingerprint density at radius 2 is 1.70 bits per heavy atom. The minimum atomic E-state index is -0.852. The van der Waals surface area contributed by atoms with Gasteiger partial charge in [0.1, 0.15) is 23.0 Å². The van der Waals surface area contributed by atoms with Gasteiger partial charge in [-0.3, -0.25) is 4.79 Å². The first-order valence-electron chi connectivity index (χ1n) is 8.42. The highest BCUT2D eigenvalue weighted by molar-refractivity contribution is 6.03. The topological polar surface area (TPSA) is 66.9 Å². The molecule has 27 heavy (non-hydrogen) atoms. The number of nitrogens with zero attached hydrogens (tertiary/aromatic N) is 2. The first-order valence-corrected chi connectivity index (χ1v) is 8.42. The van der Waals surface area contributed by atoms with Crippen LogP contribution in [0.15, 0.2) is 54.6 Å². The molecule has 1 amide bonds. The third-order valence-corrected chi connectivity index (χ3v) is 3.83. The highest BCUT2D eigenvalue weighted by atomic mass is 19.1. The van der Waals surface area contributed by atoms with Gasteiger partial charge in [0.15, 0.2) is 0 Å². The molecule has 7 heteroatoms. The number of aryl methyl sites for hydroxylation is 1. The van der Waals surface area contributed by atoms with Gasteiger partial charge in [0.2, 0.25) is 5.95 Å². The molecule has 0 fully saturated rings. The number of hydrogen-bond acceptors (Lipinski definition) is 4. The molecule has 0 atom stereocenters. The molecular weight excluding hydrogens is 350 g/mol. The Morgan fingerprint density at radius 1 is 1.00 bits per heavy atom. The molecular formula is C20H18F2N4O. The van der Waals surface area contributed by atoms with Gasteiger partial charge in [-0.1, -0.05) is 36.4 Å². The van der Waals surface area contributed by atoms with Crippen LogP contribution in [-0.2, 0) is 6.42 Å². The fourth-order valence-corrected chi connectivity index (χ4v) is 2.52. The van der Waals surface area contributed by atoms with Gasteiger partial charge in [-0.15, -0.1) is 0 Å². The number of para-hydroxylation sites is 1. The second kappa shape index (κ2) is 8.35. The Bertz CT molecular complexity index is 928. The smallest absolute Gasteiger partial charge is 0.274 e. The van der Waals surface area contributed by atoms with Crippen LogP contribution in [0.25, 0.3) is 0 Å². The predicted octanol–water partition coefficient (Wildman–Crippen LogP) is 3.97. The van der Waals surface area contributed by atoms with Crippen LogP contribution in [0.2, 0.25) is 0 Å². The first-order chi connectivity index (χ1) is 13.0. The molecule has 2 aromatic carbocycles. The maximum Gasteiger partial charge on any atom is 0.274 e. The fourth-order valence-electron chi connectivity index (χ4n) is 2.52. The van der Waals surface area contributed by atoms with Crippen molar-refractivity contribution in [1.82, 2.24) is 9.97 Å². The van der Waals surface area contributed by atoms with E-state index in [0.717, 1.165) is 24.1 Å². The van der Waals surface area contributed by atoms with E-state index in [0.29, 0.717) is 12.2 Å². The minimum Gasteiger partial charge on any atom is -0.354 e. The Morgan fingerprint density at radius 3 is 2.41 bits per heavy atom. The molecule has 0 unspecified atom stereocenters. The van der Waals surface area contributed by atoms with Gasteiger partial charge < -0.3 is 10.6 Å². The number of carbonyl (C=O) groups is 1. The Balaban J connectivity index is 1.70. The number of halogens is 2. The largest absolute Gasteiger partial charge is 0.354 e. The fraction of sp³-hybridized carbons (Fsp3) is 0.150. The van der Waals surface area contributed by atoms with Gasteiger partial charge in [-0.2, -0.15) is 0 Å². The summed E-state index contributed by atoms with van der Waals surface area (Å²) in [7, 11) is 0. The van der Waals surface area contributed by atoms with E-state index in [1.807, 2.05) is 30.3 Å². The molecule has 0 saturated heterocycles. The molecule has 0 aliphatic rings. The van der Waals surface area contributed by atoms with E-state index in [4.69, 9.17) is 0 Å². The third kappa shape index (κ3) is 4.84. The van der Waals surface area contributed by atoms with Crippen molar-refractivity contribution in [3.8, 4) is 0 Å². The lowest BCUT2D eigenvalue weighted by atomic mass is 10.1. The SMILES string of the molecule is Cc1cc(C(=O)Nc2c(F)cccc2F)nc(NCCc2ccccc2)n1. The van der Waals surface area contributed by atoms with Crippen LogP contribution < -0.4 is 10.6 Å². The van der Waals surface area contributed by atoms with Gasteiger partial charge in [0.25, 0.3) is 5.91 Å². The van der Waals surface area contributed by atoms with E-state index >= 15 is 0 Å². The minimum absolute atomic E-state index is 0.0207. The predicted molar refractivity (Wildman–Crippen MR) is 99.7 cm³/mol. The van der Waals surface area contributed by atoms with E-state index in [-0.39, 0.29) is 11.6 Å². The average Bonchev–Trinajstić information content (AvgIpc) is 2.65. The van der Waals surface area contributed by atoms with Crippen molar-refractivity contribution in [2.75, 3.05) is 17.2 Å². The Hall–Kier alpha value is -3.35. The van der Waals surface area contributed by atoms with E-state index in [2.05, 4.69) is 20.6 Å². The lowest BCUT2D eigenvalue weighted by Crippen LogP contribution is -2.18. The summed E-state index contributed by atoms with van der Waals surface area (Å²) in [6.07, 6.45) is 0.764. The summed E-state index contributed by atoms with van der Waals surface area (Å²) < 4.78 is 27.4. The van der Waals surface area contributed by atoms with Crippen molar-refractivity contribution >= 4 is 17.5 Å². The van der Waals surface area contributed by atoms with Crippen molar-refractivity contribution < 1.29 is 13.6 Å². The zero-order valence-corrected chi connectivity index (χ0v) is 14.7. The molecule has 1 aromatic heterocycles. The molecule has 2 N–H and O–H groups in total. The molecule has 3 aromatic rings. The highest BCUT2D eigenvalue weighted by Gasteiger charge is 2.15. The molecule has 0 aliphatic heterocycles. The lowest BCUT2D eigenvalue weighted by Gasteiger charge is -2.10. The van der Waals surface area contributed by atoms with Gasteiger partial charge in [-0.05, 0) is 37.1 Å². The van der Waals surface area contributed by atoms with E-state index < -0.39 is 23.2 Å². The number of carbonyl (C=O) groups excluding carboxylic acids is 1. The number of nitrogens with one attached hydrogen (secondary N) is 2. The van der Waals surface area contributed by atoms with Crippen LogP contribution in [0.5, 0.6) is 0 Å². The molecule has 0 saturated carbocycles. The van der Waals surface area contributed by atoms with Crippen LogP contribution in [-0.4, -0.2) is 22.4 Å². The summed E-state index contributed by atoms with van der Waals surface area (Å²) in [5.74, 6) is -2.13. The number of aromatic nitrogens is 2. The van der Waals surface area contributed by atoms with Crippen LogP contribution in [0.3, 0.4) is 0 Å². The normalized spacial score (nSPS) is 10.5. The monoisotopic (exact) mass is 368 g/mol. The zero-order chi connectivity index (χ0) is 19.2. The Labute approximate surface area is 155 Å². The molecule has 0 spiro atoms. The molecule has 0 radical (unpaired) electrons. The molecule has 0 aliphatic carbocycles. The average molecular weight is 368 g/mol.